The van der Waals surface area contributed by atoms with Crippen LogP contribution in [0.1, 0.15) is 44.1 Å². The SMILES string of the molecule is O=C(OCc1ccc([N+](=O)[O-])cc1)C1CCCN1C(=O)C1CCCC1. The maximum atomic E-state index is 12.6. The number of esters is 1. The van der Waals surface area contributed by atoms with Crippen molar-refractivity contribution in [3.8, 4) is 0 Å². The van der Waals surface area contributed by atoms with Gasteiger partial charge in [0.1, 0.15) is 12.6 Å². The molecule has 0 aromatic heterocycles. The van der Waals surface area contributed by atoms with Gasteiger partial charge in [0.05, 0.1) is 4.92 Å². The summed E-state index contributed by atoms with van der Waals surface area (Å²) in [6, 6.07) is 5.41. The Balaban J connectivity index is 1.56. The summed E-state index contributed by atoms with van der Waals surface area (Å²) in [5.74, 6) is -0.238. The van der Waals surface area contributed by atoms with Crippen molar-refractivity contribution in [2.24, 2.45) is 5.92 Å². The summed E-state index contributed by atoms with van der Waals surface area (Å²) in [6.45, 7) is 0.672. The van der Waals surface area contributed by atoms with Crippen LogP contribution in [0.3, 0.4) is 0 Å². The summed E-state index contributed by atoms with van der Waals surface area (Å²) in [5, 5.41) is 10.6. The van der Waals surface area contributed by atoms with Crippen LogP contribution in [0.4, 0.5) is 5.69 Å². The average Bonchev–Trinajstić information content (AvgIpc) is 3.30. The van der Waals surface area contributed by atoms with Crippen LogP contribution in [-0.4, -0.2) is 34.3 Å². The second-order valence-electron chi connectivity index (χ2n) is 6.70. The van der Waals surface area contributed by atoms with Crippen LogP contribution in [0.2, 0.25) is 0 Å². The molecular formula is C18H22N2O5. The van der Waals surface area contributed by atoms with Gasteiger partial charge in [-0.1, -0.05) is 12.8 Å². The van der Waals surface area contributed by atoms with E-state index in [0.717, 1.165) is 32.1 Å². The Morgan fingerprint density at radius 3 is 2.44 bits per heavy atom. The van der Waals surface area contributed by atoms with Crippen molar-refractivity contribution in [2.75, 3.05) is 6.54 Å². The number of amides is 1. The summed E-state index contributed by atoms with van der Waals surface area (Å²) in [6.07, 6.45) is 5.45. The zero-order valence-electron chi connectivity index (χ0n) is 14.1. The van der Waals surface area contributed by atoms with E-state index >= 15 is 0 Å². The van der Waals surface area contributed by atoms with Crippen molar-refractivity contribution >= 4 is 17.6 Å². The number of hydrogen-bond acceptors (Lipinski definition) is 5. The molecule has 2 fully saturated rings. The lowest BCUT2D eigenvalue weighted by Gasteiger charge is -2.26. The average molecular weight is 346 g/mol. The Kier molecular flexibility index (Phi) is 5.31. The van der Waals surface area contributed by atoms with Gasteiger partial charge in [0.2, 0.25) is 5.91 Å². The Bertz CT molecular complexity index is 652. The first-order valence-corrected chi connectivity index (χ1v) is 8.76. The molecule has 3 rings (SSSR count). The van der Waals surface area contributed by atoms with Gasteiger partial charge in [0.15, 0.2) is 0 Å². The molecule has 1 aromatic rings. The molecule has 1 amide bonds. The second-order valence-corrected chi connectivity index (χ2v) is 6.70. The minimum Gasteiger partial charge on any atom is -0.459 e. The van der Waals surface area contributed by atoms with E-state index in [2.05, 4.69) is 0 Å². The molecule has 0 radical (unpaired) electrons. The summed E-state index contributed by atoms with van der Waals surface area (Å²) in [7, 11) is 0. The van der Waals surface area contributed by atoms with E-state index in [4.69, 9.17) is 4.74 Å². The summed E-state index contributed by atoms with van der Waals surface area (Å²) >= 11 is 0. The van der Waals surface area contributed by atoms with Gasteiger partial charge in [0, 0.05) is 24.6 Å². The lowest BCUT2D eigenvalue weighted by Crippen LogP contribution is -2.43. The van der Waals surface area contributed by atoms with Crippen molar-refractivity contribution in [1.29, 1.82) is 0 Å². The highest BCUT2D eigenvalue weighted by Crippen LogP contribution is 2.30. The lowest BCUT2D eigenvalue weighted by molar-refractivity contribution is -0.384. The van der Waals surface area contributed by atoms with Gasteiger partial charge in [0.25, 0.3) is 5.69 Å². The molecule has 1 unspecified atom stereocenters. The molecule has 1 aliphatic carbocycles. The van der Waals surface area contributed by atoms with E-state index in [1.807, 2.05) is 0 Å². The molecule has 1 aliphatic heterocycles. The van der Waals surface area contributed by atoms with Crippen LogP contribution in [0.25, 0.3) is 0 Å². The van der Waals surface area contributed by atoms with E-state index in [1.165, 1.54) is 12.1 Å². The highest BCUT2D eigenvalue weighted by atomic mass is 16.6. The quantitative estimate of drug-likeness (QED) is 0.464. The van der Waals surface area contributed by atoms with Crippen LogP contribution in [-0.2, 0) is 20.9 Å². The number of hydrogen-bond donors (Lipinski definition) is 0. The lowest BCUT2D eigenvalue weighted by atomic mass is 10.1. The number of benzene rings is 1. The van der Waals surface area contributed by atoms with Gasteiger partial charge in [-0.15, -0.1) is 0 Å². The standard InChI is InChI=1S/C18H22N2O5/c21-17(14-4-1-2-5-14)19-11-3-6-16(19)18(22)25-12-13-7-9-15(10-8-13)20(23)24/h7-10,14,16H,1-6,11-12H2. The van der Waals surface area contributed by atoms with Crippen molar-refractivity contribution in [2.45, 2.75) is 51.2 Å². The highest BCUT2D eigenvalue weighted by molar-refractivity contribution is 5.86. The molecule has 1 aromatic carbocycles. The molecular weight excluding hydrogens is 324 g/mol. The molecule has 7 nitrogen and oxygen atoms in total. The van der Waals surface area contributed by atoms with E-state index < -0.39 is 11.0 Å². The topological polar surface area (TPSA) is 89.8 Å². The van der Waals surface area contributed by atoms with Crippen molar-refractivity contribution in [3.63, 3.8) is 0 Å². The predicted octanol–water partition coefficient (Wildman–Crippen LogP) is 2.82. The van der Waals surface area contributed by atoms with E-state index in [1.54, 1.807) is 17.0 Å². The molecule has 2 aliphatic rings. The summed E-state index contributed by atoms with van der Waals surface area (Å²) < 4.78 is 5.35. The molecule has 25 heavy (non-hydrogen) atoms. The molecule has 134 valence electrons. The van der Waals surface area contributed by atoms with Crippen LogP contribution in [0, 0.1) is 16.0 Å². The number of nitro benzene ring substituents is 1. The first kappa shape index (κ1) is 17.4. The van der Waals surface area contributed by atoms with Crippen LogP contribution < -0.4 is 0 Å². The van der Waals surface area contributed by atoms with Crippen molar-refractivity contribution in [1.82, 2.24) is 4.90 Å². The van der Waals surface area contributed by atoms with Crippen molar-refractivity contribution < 1.29 is 19.2 Å². The monoisotopic (exact) mass is 346 g/mol. The number of rotatable bonds is 5. The molecule has 1 heterocycles. The van der Waals surface area contributed by atoms with Gasteiger partial charge in [-0.3, -0.25) is 14.9 Å². The molecule has 1 saturated heterocycles. The van der Waals surface area contributed by atoms with Crippen molar-refractivity contribution in [3.05, 3.63) is 39.9 Å². The molecule has 0 bridgehead atoms. The van der Waals surface area contributed by atoms with Gasteiger partial charge in [-0.05, 0) is 43.4 Å². The Hall–Kier alpha value is -2.44. The fraction of sp³-hybridized carbons (Fsp3) is 0.556. The predicted molar refractivity (Wildman–Crippen MR) is 89.6 cm³/mol. The molecule has 1 atom stereocenters. The maximum absolute atomic E-state index is 12.6. The minimum absolute atomic E-state index is 0.000736. The Morgan fingerprint density at radius 1 is 1.12 bits per heavy atom. The van der Waals surface area contributed by atoms with E-state index in [-0.39, 0.29) is 30.1 Å². The number of non-ortho nitro benzene ring substituents is 1. The van der Waals surface area contributed by atoms with E-state index in [9.17, 15) is 19.7 Å². The van der Waals surface area contributed by atoms with E-state index in [0.29, 0.717) is 18.5 Å². The number of carbonyl (C=O) groups excluding carboxylic acids is 2. The number of carbonyl (C=O) groups is 2. The Morgan fingerprint density at radius 2 is 1.80 bits per heavy atom. The normalized spacial score (nSPS) is 20.6. The smallest absolute Gasteiger partial charge is 0.329 e. The summed E-state index contributed by atoms with van der Waals surface area (Å²) in [4.78, 5) is 36.9. The number of ether oxygens (including phenoxy) is 1. The third-order valence-electron chi connectivity index (χ3n) is 5.04. The first-order chi connectivity index (χ1) is 12.1. The first-order valence-electron chi connectivity index (χ1n) is 8.76. The third kappa shape index (κ3) is 3.97. The zero-order valence-corrected chi connectivity index (χ0v) is 14.1. The van der Waals surface area contributed by atoms with Crippen LogP contribution in [0.5, 0.6) is 0 Å². The van der Waals surface area contributed by atoms with Crippen LogP contribution >= 0.6 is 0 Å². The molecule has 7 heteroatoms. The zero-order chi connectivity index (χ0) is 17.8. The number of nitrogens with zero attached hydrogens (tertiary/aromatic N) is 2. The van der Waals surface area contributed by atoms with Gasteiger partial charge < -0.3 is 9.64 Å². The van der Waals surface area contributed by atoms with Gasteiger partial charge in [-0.2, -0.15) is 0 Å². The minimum atomic E-state index is -0.494. The van der Waals surface area contributed by atoms with Crippen LogP contribution in [0.15, 0.2) is 24.3 Å². The van der Waals surface area contributed by atoms with Gasteiger partial charge >= 0.3 is 5.97 Å². The fourth-order valence-corrected chi connectivity index (χ4v) is 3.65. The maximum Gasteiger partial charge on any atom is 0.329 e. The fourth-order valence-electron chi connectivity index (χ4n) is 3.65. The Labute approximate surface area is 146 Å². The summed E-state index contributed by atoms with van der Waals surface area (Å²) in [5.41, 5.74) is 0.685. The van der Waals surface area contributed by atoms with Gasteiger partial charge in [-0.25, -0.2) is 4.79 Å². The molecule has 0 N–H and O–H groups in total. The number of nitro groups is 1. The second kappa shape index (κ2) is 7.63. The molecule has 0 spiro atoms. The number of likely N-dealkylation sites (tertiary alicyclic amines) is 1. The largest absolute Gasteiger partial charge is 0.459 e. The molecule has 1 saturated carbocycles. The third-order valence-corrected chi connectivity index (χ3v) is 5.04. The highest BCUT2D eigenvalue weighted by Gasteiger charge is 2.38.